The van der Waals surface area contributed by atoms with Gasteiger partial charge in [-0.2, -0.15) is 0 Å². The zero-order valence-corrected chi connectivity index (χ0v) is 27.3. The quantitative estimate of drug-likeness (QED) is 0.0671. The number of aliphatic carboxylic acids is 1. The third-order valence-corrected chi connectivity index (χ3v) is 8.56. The van der Waals surface area contributed by atoms with Crippen molar-refractivity contribution in [1.29, 1.82) is 0 Å². The summed E-state index contributed by atoms with van der Waals surface area (Å²) in [7, 11) is 0. The molecule has 8 heteroatoms. The van der Waals surface area contributed by atoms with Crippen LogP contribution in [0.4, 0.5) is 0 Å². The zero-order chi connectivity index (χ0) is 34.2. The van der Waals surface area contributed by atoms with E-state index in [1.165, 1.54) is 82.8 Å². The van der Waals surface area contributed by atoms with Crippen LogP contribution in [0.5, 0.6) is 11.5 Å². The van der Waals surface area contributed by atoms with E-state index in [2.05, 4.69) is 6.92 Å². The van der Waals surface area contributed by atoms with Crippen LogP contribution in [0.2, 0.25) is 0 Å². The number of carbonyl (C=O) groups is 3. The number of fused-ring (bicyclic) bond motifs is 2. The molecule has 8 nitrogen and oxygen atoms in total. The number of phenols is 2. The summed E-state index contributed by atoms with van der Waals surface area (Å²) in [5.74, 6) is -4.01. The Balaban J connectivity index is 0.000000290. The molecule has 0 aromatic heterocycles. The predicted octanol–water partition coefficient (Wildman–Crippen LogP) is 9.94. The topological polar surface area (TPSA) is 152 Å². The second-order valence-electron chi connectivity index (χ2n) is 12.1. The smallest absolute Gasteiger partial charge is 0.339 e. The van der Waals surface area contributed by atoms with Crippen molar-refractivity contribution >= 4 is 39.5 Å². The van der Waals surface area contributed by atoms with Crippen molar-refractivity contribution in [1.82, 2.24) is 0 Å². The first kappa shape index (κ1) is 36.9. The van der Waals surface area contributed by atoms with Crippen molar-refractivity contribution in [2.75, 3.05) is 0 Å². The SMILES string of the molecule is CCCCCCCCCCCCCCCC(=O)O.O=C(O)c1cc2ccccc2c(Cc2c(O)c(C(=O)O)cc3ccccc23)c1O. The Bertz CT molecular complexity index is 1540. The number of benzene rings is 4. The monoisotopic (exact) mass is 644 g/mol. The third kappa shape index (κ3) is 11.0. The van der Waals surface area contributed by atoms with Crippen LogP contribution >= 0.6 is 0 Å². The van der Waals surface area contributed by atoms with E-state index >= 15 is 0 Å². The summed E-state index contributed by atoms with van der Waals surface area (Å²) in [4.78, 5) is 33.5. The average Bonchev–Trinajstić information content (AvgIpc) is 3.05. The standard InChI is InChI=1S/C23H16O6.C16H32O2/c24-20-16(14-7-3-1-5-12(14)9-18(20)22(26)27)11-17-15-8-4-2-6-13(15)10-19(21(17)25)23(28)29;1-2-3-4-5-6-7-8-9-10-11-12-13-14-15-16(17)18/h1-10,24-25H,11H2,(H,26,27)(H,28,29);2-15H2,1H3,(H,17,18). The first-order valence-electron chi connectivity index (χ1n) is 16.8. The largest absolute Gasteiger partial charge is 0.507 e. The summed E-state index contributed by atoms with van der Waals surface area (Å²) in [6.07, 6.45) is 17.2. The second kappa shape index (κ2) is 19.2. The maximum Gasteiger partial charge on any atom is 0.339 e. The summed E-state index contributed by atoms with van der Waals surface area (Å²) in [6.45, 7) is 2.26. The highest BCUT2D eigenvalue weighted by Crippen LogP contribution is 2.38. The number of hydrogen-bond donors (Lipinski definition) is 5. The number of unbranched alkanes of at least 4 members (excludes halogenated alkanes) is 12. The molecule has 5 N–H and O–H groups in total. The molecular weight excluding hydrogens is 596 g/mol. The van der Waals surface area contributed by atoms with E-state index in [9.17, 15) is 34.8 Å². The summed E-state index contributed by atoms with van der Waals surface area (Å²) < 4.78 is 0. The molecule has 0 fully saturated rings. The Kier molecular flexibility index (Phi) is 15.0. The van der Waals surface area contributed by atoms with Crippen molar-refractivity contribution in [3.05, 3.63) is 82.9 Å². The van der Waals surface area contributed by atoms with E-state index < -0.39 is 29.4 Å². The molecule has 0 heterocycles. The average molecular weight is 645 g/mol. The molecule has 4 aromatic carbocycles. The minimum Gasteiger partial charge on any atom is -0.507 e. The van der Waals surface area contributed by atoms with Gasteiger partial charge in [0.25, 0.3) is 0 Å². The number of aromatic carboxylic acids is 2. The van der Waals surface area contributed by atoms with Gasteiger partial charge in [-0.15, -0.1) is 0 Å². The van der Waals surface area contributed by atoms with E-state index in [4.69, 9.17) is 5.11 Å². The molecular formula is C39H48O8. The van der Waals surface area contributed by atoms with Gasteiger partial charge in [0, 0.05) is 24.0 Å². The van der Waals surface area contributed by atoms with Gasteiger partial charge in [-0.1, -0.05) is 133 Å². The minimum atomic E-state index is -1.28. The number of carboxylic acid groups (broad SMARTS) is 3. The van der Waals surface area contributed by atoms with Crippen LogP contribution in [0.25, 0.3) is 21.5 Å². The van der Waals surface area contributed by atoms with Crippen LogP contribution in [-0.2, 0) is 11.2 Å². The van der Waals surface area contributed by atoms with E-state index in [-0.39, 0.29) is 17.5 Å². The Morgan fingerprint density at radius 2 is 0.894 bits per heavy atom. The number of aromatic hydroxyl groups is 2. The lowest BCUT2D eigenvalue weighted by Crippen LogP contribution is -2.04. The van der Waals surface area contributed by atoms with Crippen molar-refractivity contribution in [3.8, 4) is 11.5 Å². The van der Waals surface area contributed by atoms with Crippen LogP contribution in [0.15, 0.2) is 60.7 Å². The van der Waals surface area contributed by atoms with Gasteiger partial charge in [-0.05, 0) is 40.1 Å². The third-order valence-electron chi connectivity index (χ3n) is 8.56. The van der Waals surface area contributed by atoms with Gasteiger partial charge in [0.2, 0.25) is 0 Å². The molecule has 0 unspecified atom stereocenters. The highest BCUT2D eigenvalue weighted by atomic mass is 16.4. The van der Waals surface area contributed by atoms with E-state index in [1.807, 2.05) is 0 Å². The summed E-state index contributed by atoms with van der Waals surface area (Å²) in [5.41, 5.74) is 0.112. The summed E-state index contributed by atoms with van der Waals surface area (Å²) in [6, 6.07) is 16.8. The molecule has 0 saturated heterocycles. The lowest BCUT2D eigenvalue weighted by atomic mass is 9.90. The van der Waals surface area contributed by atoms with Crippen molar-refractivity contribution in [2.24, 2.45) is 0 Å². The molecule has 0 aliphatic carbocycles. The second-order valence-corrected chi connectivity index (χ2v) is 12.1. The normalized spacial score (nSPS) is 10.9. The molecule has 252 valence electrons. The molecule has 0 atom stereocenters. The lowest BCUT2D eigenvalue weighted by Gasteiger charge is -2.16. The highest BCUT2D eigenvalue weighted by Gasteiger charge is 2.22. The van der Waals surface area contributed by atoms with Gasteiger partial charge in [0.1, 0.15) is 22.6 Å². The number of carboxylic acids is 3. The maximum atomic E-state index is 11.6. The minimum absolute atomic E-state index is 0.0407. The van der Waals surface area contributed by atoms with Crippen LogP contribution < -0.4 is 0 Å². The molecule has 0 aliphatic heterocycles. The Hall–Kier alpha value is -4.59. The molecule has 4 rings (SSSR count). The molecule has 0 bridgehead atoms. The Morgan fingerprint density at radius 3 is 1.26 bits per heavy atom. The van der Waals surface area contributed by atoms with E-state index in [0.29, 0.717) is 39.1 Å². The predicted molar refractivity (Wildman–Crippen MR) is 186 cm³/mol. The number of rotatable bonds is 18. The zero-order valence-electron chi connectivity index (χ0n) is 27.3. The maximum absolute atomic E-state index is 11.6. The highest BCUT2D eigenvalue weighted by molar-refractivity contribution is 6.02. The van der Waals surface area contributed by atoms with Crippen molar-refractivity contribution in [3.63, 3.8) is 0 Å². The van der Waals surface area contributed by atoms with Crippen LogP contribution in [0, 0.1) is 0 Å². The van der Waals surface area contributed by atoms with Gasteiger partial charge in [0.05, 0.1) is 0 Å². The number of hydrogen-bond acceptors (Lipinski definition) is 5. The fourth-order valence-electron chi connectivity index (χ4n) is 5.98. The first-order chi connectivity index (χ1) is 22.6. The van der Waals surface area contributed by atoms with E-state index in [1.54, 1.807) is 48.5 Å². The lowest BCUT2D eigenvalue weighted by molar-refractivity contribution is -0.137. The summed E-state index contributed by atoms with van der Waals surface area (Å²) >= 11 is 0. The van der Waals surface area contributed by atoms with Gasteiger partial charge in [0.15, 0.2) is 0 Å². The fourth-order valence-corrected chi connectivity index (χ4v) is 5.98. The molecule has 0 saturated carbocycles. The molecule has 4 aromatic rings. The molecule has 0 spiro atoms. The van der Waals surface area contributed by atoms with Crippen LogP contribution in [0.1, 0.15) is 129 Å². The van der Waals surface area contributed by atoms with Crippen LogP contribution in [-0.4, -0.2) is 43.4 Å². The van der Waals surface area contributed by atoms with Gasteiger partial charge in [-0.3, -0.25) is 4.79 Å². The Labute approximate surface area is 276 Å². The molecule has 0 radical (unpaired) electrons. The molecule has 0 aliphatic rings. The summed E-state index contributed by atoms with van der Waals surface area (Å²) in [5, 5.41) is 51.3. The van der Waals surface area contributed by atoms with Crippen molar-refractivity contribution < 1.29 is 39.9 Å². The Morgan fingerprint density at radius 1 is 0.532 bits per heavy atom. The molecule has 47 heavy (non-hydrogen) atoms. The fraction of sp³-hybridized carbons (Fsp3) is 0.410. The van der Waals surface area contributed by atoms with Gasteiger partial charge < -0.3 is 25.5 Å². The van der Waals surface area contributed by atoms with Gasteiger partial charge in [-0.25, -0.2) is 9.59 Å². The van der Waals surface area contributed by atoms with Crippen molar-refractivity contribution in [2.45, 2.75) is 103 Å². The first-order valence-corrected chi connectivity index (χ1v) is 16.8. The van der Waals surface area contributed by atoms with Crippen LogP contribution in [0.3, 0.4) is 0 Å². The van der Waals surface area contributed by atoms with E-state index in [0.717, 1.165) is 12.8 Å². The van der Waals surface area contributed by atoms with Gasteiger partial charge >= 0.3 is 17.9 Å². The molecule has 0 amide bonds.